The number of ether oxygens (including phenoxy) is 2. The number of carbonyl (C=O) groups excluding carboxylic acids is 2. The first-order valence-corrected chi connectivity index (χ1v) is 5.01. The molecule has 0 saturated carbocycles. The summed E-state index contributed by atoms with van der Waals surface area (Å²) in [4.78, 5) is 22.8. The lowest BCUT2D eigenvalue weighted by atomic mass is 9.83. The molecule has 0 aliphatic rings. The highest BCUT2D eigenvalue weighted by molar-refractivity contribution is 7.82. The van der Waals surface area contributed by atoms with E-state index in [9.17, 15) is 9.59 Å². The number of carbonyl (C=O) groups is 2. The zero-order valence-electron chi connectivity index (χ0n) is 9.79. The van der Waals surface area contributed by atoms with Crippen LogP contribution < -0.4 is 0 Å². The van der Waals surface area contributed by atoms with Gasteiger partial charge in [0.15, 0.2) is 0 Å². The Balaban J connectivity index is 4.71. The zero-order chi connectivity index (χ0) is 12.3. The van der Waals surface area contributed by atoms with Gasteiger partial charge < -0.3 is 9.47 Å². The van der Waals surface area contributed by atoms with Gasteiger partial charge in [-0.3, -0.25) is 9.59 Å². The molecule has 0 aromatic rings. The number of rotatable bonds is 4. The first-order chi connectivity index (χ1) is 6.67. The molecule has 1 unspecified atom stereocenters. The molecule has 0 aliphatic heterocycles. The lowest BCUT2D eigenvalue weighted by Gasteiger charge is -2.29. The van der Waals surface area contributed by atoms with Crippen molar-refractivity contribution in [2.45, 2.75) is 31.9 Å². The van der Waals surface area contributed by atoms with Gasteiger partial charge in [0.25, 0.3) is 0 Å². The van der Waals surface area contributed by atoms with Gasteiger partial charge in [-0.2, -0.15) is 12.6 Å². The minimum absolute atomic E-state index is 0.252. The van der Waals surface area contributed by atoms with Crippen molar-refractivity contribution < 1.29 is 19.1 Å². The Morgan fingerprint density at radius 3 is 1.80 bits per heavy atom. The van der Waals surface area contributed by atoms with E-state index in [0.717, 1.165) is 0 Å². The van der Waals surface area contributed by atoms with Gasteiger partial charge in [-0.25, -0.2) is 0 Å². The van der Waals surface area contributed by atoms with Crippen molar-refractivity contribution in [1.82, 2.24) is 0 Å². The normalized spacial score (nSPS) is 15.3. The van der Waals surface area contributed by atoms with Crippen molar-refractivity contribution >= 4 is 24.6 Å². The van der Waals surface area contributed by atoms with Crippen molar-refractivity contribution in [1.29, 1.82) is 0 Å². The van der Waals surface area contributed by atoms with Crippen LogP contribution in [0.2, 0.25) is 0 Å². The molecule has 4 nitrogen and oxygen atoms in total. The quantitative estimate of drug-likeness (QED) is 0.590. The van der Waals surface area contributed by atoms with Crippen LogP contribution in [0, 0.1) is 5.41 Å². The van der Waals surface area contributed by atoms with Gasteiger partial charge in [0.2, 0.25) is 0 Å². The highest BCUT2D eigenvalue weighted by Gasteiger charge is 2.41. The van der Waals surface area contributed by atoms with Crippen molar-refractivity contribution in [3.63, 3.8) is 0 Å². The molecule has 0 saturated heterocycles. The molecular formula is C10H18O4S. The van der Waals surface area contributed by atoms with E-state index in [2.05, 4.69) is 22.1 Å². The van der Waals surface area contributed by atoms with Crippen LogP contribution in [0.4, 0.5) is 0 Å². The summed E-state index contributed by atoms with van der Waals surface area (Å²) < 4.78 is 8.26. The molecule has 5 heteroatoms. The van der Waals surface area contributed by atoms with E-state index in [0.29, 0.717) is 0 Å². The Hall–Kier alpha value is -0.710. The van der Waals surface area contributed by atoms with E-state index in [1.165, 1.54) is 14.2 Å². The van der Waals surface area contributed by atoms with Crippen LogP contribution in [0.3, 0.4) is 0 Å². The third-order valence-electron chi connectivity index (χ3n) is 2.15. The molecule has 0 radical (unpaired) electrons. The van der Waals surface area contributed by atoms with E-state index < -0.39 is 16.1 Å². The Morgan fingerprint density at radius 2 is 1.47 bits per heavy atom. The van der Waals surface area contributed by atoms with E-state index in [4.69, 9.17) is 0 Å². The van der Waals surface area contributed by atoms with E-state index in [1.54, 1.807) is 20.8 Å². The lowest BCUT2D eigenvalue weighted by molar-refractivity contribution is -0.153. The summed E-state index contributed by atoms with van der Waals surface area (Å²) >= 11 is 4.21. The van der Waals surface area contributed by atoms with Gasteiger partial charge in [-0.15, -0.1) is 0 Å². The van der Waals surface area contributed by atoms with Gasteiger partial charge in [0.05, 0.1) is 19.6 Å². The predicted octanol–water partition coefficient (Wildman–Crippen LogP) is 1.44. The number of hydrogen-bond acceptors (Lipinski definition) is 5. The Kier molecular flexibility index (Phi) is 4.65. The van der Waals surface area contributed by atoms with Crippen LogP contribution in [0.1, 0.15) is 27.2 Å². The molecule has 0 aliphatic carbocycles. The largest absolute Gasteiger partial charge is 0.469 e. The molecule has 0 amide bonds. The molecule has 0 heterocycles. The SMILES string of the molecule is COC(=O)C(C)(C)CC(C)(S)C(=O)OC. The summed E-state index contributed by atoms with van der Waals surface area (Å²) in [6, 6.07) is 0. The molecule has 88 valence electrons. The predicted molar refractivity (Wildman–Crippen MR) is 59.8 cm³/mol. The zero-order valence-corrected chi connectivity index (χ0v) is 10.7. The lowest BCUT2D eigenvalue weighted by Crippen LogP contribution is -2.39. The maximum absolute atomic E-state index is 11.4. The third kappa shape index (κ3) is 3.74. The number of thiol groups is 1. The van der Waals surface area contributed by atoms with Gasteiger partial charge in [-0.1, -0.05) is 0 Å². The fraction of sp³-hybridized carbons (Fsp3) is 0.800. The van der Waals surface area contributed by atoms with Gasteiger partial charge >= 0.3 is 11.9 Å². The molecule has 15 heavy (non-hydrogen) atoms. The van der Waals surface area contributed by atoms with Crippen LogP contribution in [-0.4, -0.2) is 30.9 Å². The van der Waals surface area contributed by atoms with Crippen molar-refractivity contribution in [2.75, 3.05) is 14.2 Å². The van der Waals surface area contributed by atoms with Crippen molar-refractivity contribution in [2.24, 2.45) is 5.41 Å². The molecule has 0 aromatic carbocycles. The van der Waals surface area contributed by atoms with Gasteiger partial charge in [-0.05, 0) is 27.2 Å². The second-order valence-electron chi connectivity index (χ2n) is 4.32. The maximum Gasteiger partial charge on any atom is 0.321 e. The molecule has 0 spiro atoms. The summed E-state index contributed by atoms with van der Waals surface area (Å²) in [5, 5.41) is 0. The smallest absolute Gasteiger partial charge is 0.321 e. The van der Waals surface area contributed by atoms with Crippen molar-refractivity contribution in [3.8, 4) is 0 Å². The average Bonchev–Trinajstić information content (AvgIpc) is 2.13. The highest BCUT2D eigenvalue weighted by atomic mass is 32.1. The molecule has 0 N–H and O–H groups in total. The fourth-order valence-corrected chi connectivity index (χ4v) is 1.99. The van der Waals surface area contributed by atoms with E-state index >= 15 is 0 Å². The van der Waals surface area contributed by atoms with Crippen LogP contribution in [0.25, 0.3) is 0 Å². The summed E-state index contributed by atoms with van der Waals surface area (Å²) in [5.74, 6) is -0.825. The molecule has 1 atom stereocenters. The highest BCUT2D eigenvalue weighted by Crippen LogP contribution is 2.33. The van der Waals surface area contributed by atoms with Crippen LogP contribution in [-0.2, 0) is 19.1 Å². The van der Waals surface area contributed by atoms with Crippen LogP contribution in [0.15, 0.2) is 0 Å². The summed E-state index contributed by atoms with van der Waals surface area (Å²) in [6.07, 6.45) is 0.252. The molecule has 0 fully saturated rings. The minimum Gasteiger partial charge on any atom is -0.469 e. The summed E-state index contributed by atoms with van der Waals surface area (Å²) in [7, 11) is 2.61. The molecular weight excluding hydrogens is 216 g/mol. The van der Waals surface area contributed by atoms with Crippen LogP contribution >= 0.6 is 12.6 Å². The molecule has 0 bridgehead atoms. The Morgan fingerprint density at radius 1 is 1.07 bits per heavy atom. The first-order valence-electron chi connectivity index (χ1n) is 4.56. The third-order valence-corrected chi connectivity index (χ3v) is 2.49. The number of methoxy groups -OCH3 is 2. The Labute approximate surface area is 95.7 Å². The number of hydrogen-bond donors (Lipinski definition) is 1. The monoisotopic (exact) mass is 234 g/mol. The minimum atomic E-state index is -0.994. The summed E-state index contributed by atoms with van der Waals surface area (Å²) in [6.45, 7) is 5.03. The molecule has 0 rings (SSSR count). The standard InChI is InChI=1S/C10H18O4S/c1-9(2,7(11)13-4)6-10(3,15)8(12)14-5/h15H,6H2,1-5H3. The second kappa shape index (κ2) is 4.88. The molecule has 0 aromatic heterocycles. The Bertz CT molecular complexity index is 232. The topological polar surface area (TPSA) is 52.6 Å². The fourth-order valence-electron chi connectivity index (χ4n) is 1.50. The average molecular weight is 234 g/mol. The second-order valence-corrected chi connectivity index (χ2v) is 5.30. The van der Waals surface area contributed by atoms with E-state index in [1.807, 2.05) is 0 Å². The van der Waals surface area contributed by atoms with Crippen LogP contribution in [0.5, 0.6) is 0 Å². The first kappa shape index (κ1) is 14.3. The van der Waals surface area contributed by atoms with Crippen molar-refractivity contribution in [3.05, 3.63) is 0 Å². The van der Waals surface area contributed by atoms with Gasteiger partial charge in [0, 0.05) is 0 Å². The van der Waals surface area contributed by atoms with Gasteiger partial charge in [0.1, 0.15) is 4.75 Å². The van der Waals surface area contributed by atoms with E-state index in [-0.39, 0.29) is 12.4 Å². The maximum atomic E-state index is 11.4. The number of esters is 2. The summed E-state index contributed by atoms with van der Waals surface area (Å²) in [5.41, 5.74) is -0.764.